The normalized spacial score (nSPS) is 10.3. The van der Waals surface area contributed by atoms with Crippen LogP contribution in [0, 0.1) is 0 Å². The van der Waals surface area contributed by atoms with E-state index in [0.717, 1.165) is 0 Å². The predicted molar refractivity (Wildman–Crippen MR) is 38.5 cm³/mol. The SMILES string of the molecule is FC(F)COc1nccnc1Cl. The fraction of sp³-hybridized carbons (Fsp3) is 0.333. The van der Waals surface area contributed by atoms with E-state index in [4.69, 9.17) is 11.6 Å². The van der Waals surface area contributed by atoms with Crippen molar-refractivity contribution in [2.45, 2.75) is 6.43 Å². The molecule has 0 saturated carbocycles. The lowest BCUT2D eigenvalue weighted by atomic mass is 10.7. The maximum absolute atomic E-state index is 11.6. The van der Waals surface area contributed by atoms with Crippen molar-refractivity contribution in [3.8, 4) is 5.88 Å². The summed E-state index contributed by atoms with van der Waals surface area (Å²) in [7, 11) is 0. The molecule has 0 aromatic carbocycles. The molecule has 0 unspecified atom stereocenters. The van der Waals surface area contributed by atoms with E-state index in [9.17, 15) is 8.78 Å². The first-order chi connectivity index (χ1) is 5.70. The summed E-state index contributed by atoms with van der Waals surface area (Å²) < 4.78 is 27.8. The van der Waals surface area contributed by atoms with Gasteiger partial charge in [0.15, 0.2) is 11.8 Å². The highest BCUT2D eigenvalue weighted by molar-refractivity contribution is 6.30. The van der Waals surface area contributed by atoms with Crippen molar-refractivity contribution >= 4 is 11.6 Å². The van der Waals surface area contributed by atoms with Gasteiger partial charge >= 0.3 is 0 Å². The minimum atomic E-state index is -2.54. The van der Waals surface area contributed by atoms with Crippen LogP contribution in [0.15, 0.2) is 12.4 Å². The van der Waals surface area contributed by atoms with Crippen LogP contribution in [-0.2, 0) is 0 Å². The van der Waals surface area contributed by atoms with Gasteiger partial charge in [0.2, 0.25) is 0 Å². The Morgan fingerprint density at radius 2 is 2.08 bits per heavy atom. The van der Waals surface area contributed by atoms with E-state index in [1.807, 2.05) is 0 Å². The van der Waals surface area contributed by atoms with Crippen LogP contribution in [0.3, 0.4) is 0 Å². The Labute approximate surface area is 72.3 Å². The molecule has 3 nitrogen and oxygen atoms in total. The highest BCUT2D eigenvalue weighted by Crippen LogP contribution is 2.17. The Balaban J connectivity index is 2.57. The molecule has 0 radical (unpaired) electrons. The Hall–Kier alpha value is -0.970. The largest absolute Gasteiger partial charge is 0.469 e. The Morgan fingerprint density at radius 3 is 2.67 bits per heavy atom. The second-order valence-electron chi connectivity index (χ2n) is 1.85. The van der Waals surface area contributed by atoms with Crippen molar-refractivity contribution in [3.05, 3.63) is 17.5 Å². The topological polar surface area (TPSA) is 35.0 Å². The molecule has 1 aromatic rings. The number of hydrogen-bond acceptors (Lipinski definition) is 3. The van der Waals surface area contributed by atoms with Crippen LogP contribution in [0.5, 0.6) is 5.88 Å². The Morgan fingerprint density at radius 1 is 1.42 bits per heavy atom. The van der Waals surface area contributed by atoms with Gasteiger partial charge in [-0.15, -0.1) is 0 Å². The average Bonchev–Trinajstić information content (AvgIpc) is 2.03. The minimum absolute atomic E-state index is 0.0156. The lowest BCUT2D eigenvalue weighted by Crippen LogP contribution is -2.08. The molecule has 0 spiro atoms. The van der Waals surface area contributed by atoms with E-state index in [2.05, 4.69) is 14.7 Å². The van der Waals surface area contributed by atoms with Crippen molar-refractivity contribution < 1.29 is 13.5 Å². The number of nitrogens with zero attached hydrogens (tertiary/aromatic N) is 2. The Kier molecular flexibility index (Phi) is 3.16. The van der Waals surface area contributed by atoms with Crippen LogP contribution in [0.1, 0.15) is 0 Å². The van der Waals surface area contributed by atoms with E-state index >= 15 is 0 Å². The minimum Gasteiger partial charge on any atom is -0.469 e. The third-order valence-corrected chi connectivity index (χ3v) is 1.23. The van der Waals surface area contributed by atoms with Gasteiger partial charge in [0.1, 0.15) is 0 Å². The summed E-state index contributed by atoms with van der Waals surface area (Å²) in [6.45, 7) is -0.724. The molecule has 0 aliphatic carbocycles. The van der Waals surface area contributed by atoms with Gasteiger partial charge in [0.05, 0.1) is 0 Å². The number of halogens is 3. The number of aromatic nitrogens is 2. The van der Waals surface area contributed by atoms with E-state index in [1.165, 1.54) is 12.4 Å². The van der Waals surface area contributed by atoms with Gasteiger partial charge in [0, 0.05) is 12.4 Å². The first-order valence-electron chi connectivity index (χ1n) is 3.07. The number of rotatable bonds is 3. The average molecular weight is 195 g/mol. The van der Waals surface area contributed by atoms with E-state index in [-0.39, 0.29) is 11.0 Å². The fourth-order valence-corrected chi connectivity index (χ4v) is 0.707. The van der Waals surface area contributed by atoms with E-state index in [1.54, 1.807) is 0 Å². The molecule has 0 aliphatic heterocycles. The molecule has 0 aliphatic rings. The highest BCUT2D eigenvalue weighted by atomic mass is 35.5. The van der Waals surface area contributed by atoms with E-state index in [0.29, 0.717) is 0 Å². The molecule has 1 aromatic heterocycles. The van der Waals surface area contributed by atoms with Crippen molar-refractivity contribution in [2.24, 2.45) is 0 Å². The van der Waals surface area contributed by atoms with Crippen LogP contribution >= 0.6 is 11.6 Å². The van der Waals surface area contributed by atoms with Gasteiger partial charge in [-0.05, 0) is 0 Å². The molecule has 0 saturated heterocycles. The number of ether oxygens (including phenoxy) is 1. The molecule has 1 heterocycles. The van der Waals surface area contributed by atoms with Gasteiger partial charge in [-0.25, -0.2) is 18.7 Å². The van der Waals surface area contributed by atoms with Gasteiger partial charge in [0.25, 0.3) is 12.3 Å². The third kappa shape index (κ3) is 2.58. The van der Waals surface area contributed by atoms with Crippen LogP contribution in [0.25, 0.3) is 0 Å². The molecule has 66 valence electrons. The molecular weight excluding hydrogens is 190 g/mol. The maximum atomic E-state index is 11.6. The summed E-state index contributed by atoms with van der Waals surface area (Å²) in [5, 5.41) is -0.0156. The summed E-state index contributed by atoms with van der Waals surface area (Å²) in [4.78, 5) is 7.19. The first kappa shape index (κ1) is 9.12. The third-order valence-electron chi connectivity index (χ3n) is 0.969. The van der Waals surface area contributed by atoms with Gasteiger partial charge in [-0.2, -0.15) is 0 Å². The number of alkyl halides is 2. The van der Waals surface area contributed by atoms with Crippen LogP contribution in [0.2, 0.25) is 5.15 Å². The predicted octanol–water partition coefficient (Wildman–Crippen LogP) is 1.77. The lowest BCUT2D eigenvalue weighted by molar-refractivity contribution is 0.0794. The monoisotopic (exact) mass is 194 g/mol. The fourth-order valence-electron chi connectivity index (χ4n) is 0.547. The van der Waals surface area contributed by atoms with Crippen LogP contribution in [-0.4, -0.2) is 23.0 Å². The van der Waals surface area contributed by atoms with E-state index < -0.39 is 13.0 Å². The molecule has 0 N–H and O–H groups in total. The van der Waals surface area contributed by atoms with Gasteiger partial charge in [-0.3, -0.25) is 0 Å². The highest BCUT2D eigenvalue weighted by Gasteiger charge is 2.07. The zero-order valence-corrected chi connectivity index (χ0v) is 6.63. The summed E-state index contributed by atoms with van der Waals surface area (Å²) in [6.07, 6.45) is 0.118. The van der Waals surface area contributed by atoms with Crippen LogP contribution < -0.4 is 4.74 Å². The van der Waals surface area contributed by atoms with Gasteiger partial charge < -0.3 is 4.74 Å². The molecule has 0 atom stereocenters. The zero-order valence-electron chi connectivity index (χ0n) is 5.88. The zero-order chi connectivity index (χ0) is 8.97. The molecule has 0 amide bonds. The second kappa shape index (κ2) is 4.15. The maximum Gasteiger partial charge on any atom is 0.272 e. The molecule has 0 fully saturated rings. The molecule has 6 heteroatoms. The lowest BCUT2D eigenvalue weighted by Gasteiger charge is -2.03. The summed E-state index contributed by atoms with van der Waals surface area (Å²) in [6, 6.07) is 0. The first-order valence-corrected chi connectivity index (χ1v) is 3.45. The second-order valence-corrected chi connectivity index (χ2v) is 2.21. The smallest absolute Gasteiger partial charge is 0.272 e. The standard InChI is InChI=1S/C6H5ClF2N2O/c7-5-6(11-2-1-10-5)12-3-4(8)9/h1-2,4H,3H2. The van der Waals surface area contributed by atoms with Crippen molar-refractivity contribution in [1.82, 2.24) is 9.97 Å². The molecular formula is C6H5ClF2N2O. The summed E-state index contributed by atoms with van der Waals surface area (Å²) >= 11 is 5.46. The molecule has 12 heavy (non-hydrogen) atoms. The summed E-state index contributed by atoms with van der Waals surface area (Å²) in [5.74, 6) is -0.0699. The molecule has 0 bridgehead atoms. The number of hydrogen-bond donors (Lipinski definition) is 0. The molecule has 1 rings (SSSR count). The van der Waals surface area contributed by atoms with Gasteiger partial charge in [-0.1, -0.05) is 11.6 Å². The Bertz CT molecular complexity index is 259. The summed E-state index contributed by atoms with van der Waals surface area (Å²) in [5.41, 5.74) is 0. The van der Waals surface area contributed by atoms with Crippen molar-refractivity contribution in [1.29, 1.82) is 0 Å². The van der Waals surface area contributed by atoms with Crippen molar-refractivity contribution in [3.63, 3.8) is 0 Å². The van der Waals surface area contributed by atoms with Crippen molar-refractivity contribution in [2.75, 3.05) is 6.61 Å². The quantitative estimate of drug-likeness (QED) is 0.736. The van der Waals surface area contributed by atoms with Crippen LogP contribution in [0.4, 0.5) is 8.78 Å².